The summed E-state index contributed by atoms with van der Waals surface area (Å²) in [7, 11) is 3.83. The lowest BCUT2D eigenvalue weighted by molar-refractivity contribution is -0.00875. The smallest absolute Gasteiger partial charge is 0.314 e. The predicted octanol–water partition coefficient (Wildman–Crippen LogP) is 1.84. The van der Waals surface area contributed by atoms with Crippen LogP contribution in [0.4, 0.5) is 9.18 Å². The van der Waals surface area contributed by atoms with Crippen LogP contribution in [0.2, 0.25) is 0 Å². The average Bonchev–Trinajstić information content (AvgIpc) is 2.61. The number of halogens is 1. The van der Waals surface area contributed by atoms with Gasteiger partial charge in [0.15, 0.2) is 0 Å². The van der Waals surface area contributed by atoms with E-state index in [2.05, 4.69) is 29.4 Å². The van der Waals surface area contributed by atoms with Gasteiger partial charge in [-0.25, -0.2) is 9.18 Å². The molecule has 0 bridgehead atoms. The number of carbonyl (C=O) groups is 1. The number of benzene rings is 1. The normalized spacial score (nSPS) is 17.2. The summed E-state index contributed by atoms with van der Waals surface area (Å²) < 4.78 is 18.9. The van der Waals surface area contributed by atoms with Crippen molar-refractivity contribution in [1.82, 2.24) is 20.4 Å². The van der Waals surface area contributed by atoms with Crippen molar-refractivity contribution in [2.75, 3.05) is 53.5 Å². The minimum absolute atomic E-state index is 0.0938. The average molecular weight is 366 g/mol. The number of ether oxygens (including phenoxy) is 1. The van der Waals surface area contributed by atoms with Crippen molar-refractivity contribution in [2.45, 2.75) is 25.4 Å². The van der Waals surface area contributed by atoms with E-state index in [0.717, 1.165) is 31.9 Å². The lowest BCUT2D eigenvalue weighted by atomic mass is 10.0. The lowest BCUT2D eigenvalue weighted by Crippen LogP contribution is -2.56. The molecule has 146 valence electrons. The maximum atomic E-state index is 13.5. The highest BCUT2D eigenvalue weighted by molar-refractivity contribution is 5.74. The Labute approximate surface area is 155 Å². The number of rotatable bonds is 7. The van der Waals surface area contributed by atoms with Crippen LogP contribution in [0.1, 0.15) is 25.5 Å². The van der Waals surface area contributed by atoms with Crippen molar-refractivity contribution >= 4 is 6.03 Å². The first kappa shape index (κ1) is 20.6. The molecule has 2 N–H and O–H groups in total. The third kappa shape index (κ3) is 5.93. The lowest BCUT2D eigenvalue weighted by Gasteiger charge is -2.40. The van der Waals surface area contributed by atoms with E-state index in [1.165, 1.54) is 12.1 Å². The molecule has 0 saturated carbocycles. The SMILES string of the molecule is CN(C)C(CNC(=O)NCC(C)(C)N1CCOCC1)c1cccc(F)c1. The molecule has 0 radical (unpaired) electrons. The van der Waals surface area contributed by atoms with Crippen molar-refractivity contribution in [1.29, 1.82) is 0 Å². The van der Waals surface area contributed by atoms with Gasteiger partial charge >= 0.3 is 6.03 Å². The van der Waals surface area contributed by atoms with Gasteiger partial charge in [-0.1, -0.05) is 12.1 Å². The Morgan fingerprint density at radius 1 is 1.31 bits per heavy atom. The van der Waals surface area contributed by atoms with Gasteiger partial charge in [0.25, 0.3) is 0 Å². The molecule has 0 spiro atoms. The summed E-state index contributed by atoms with van der Waals surface area (Å²) >= 11 is 0. The molecular weight excluding hydrogens is 335 g/mol. The zero-order valence-corrected chi connectivity index (χ0v) is 16.2. The molecule has 1 fully saturated rings. The van der Waals surface area contributed by atoms with Crippen LogP contribution in [0.15, 0.2) is 24.3 Å². The quantitative estimate of drug-likeness (QED) is 0.773. The Kier molecular flexibility index (Phi) is 7.37. The molecule has 7 heteroatoms. The number of urea groups is 1. The van der Waals surface area contributed by atoms with E-state index in [1.54, 1.807) is 6.07 Å². The second-order valence-corrected chi connectivity index (χ2v) is 7.51. The standard InChI is InChI=1S/C19H31FN4O2/c1-19(2,24-8-10-26-11-9-24)14-22-18(25)21-13-17(23(3)4)15-6-5-7-16(20)12-15/h5-7,12,17H,8-11,13-14H2,1-4H3,(H2,21,22,25). The summed E-state index contributed by atoms with van der Waals surface area (Å²) in [5, 5.41) is 5.85. The summed E-state index contributed by atoms with van der Waals surface area (Å²) in [6.45, 7) is 8.40. The molecule has 1 saturated heterocycles. The molecule has 6 nitrogen and oxygen atoms in total. The van der Waals surface area contributed by atoms with Gasteiger partial charge in [-0.05, 0) is 45.6 Å². The van der Waals surface area contributed by atoms with E-state index in [4.69, 9.17) is 4.74 Å². The highest BCUT2D eigenvalue weighted by Crippen LogP contribution is 2.18. The Hall–Kier alpha value is -1.70. The number of likely N-dealkylation sites (N-methyl/N-ethyl adjacent to an activating group) is 1. The Bertz CT molecular complexity index is 589. The largest absolute Gasteiger partial charge is 0.379 e. The molecule has 1 aromatic rings. The molecule has 1 heterocycles. The van der Waals surface area contributed by atoms with Crippen molar-refractivity contribution < 1.29 is 13.9 Å². The van der Waals surface area contributed by atoms with Crippen molar-refractivity contribution in [2.24, 2.45) is 0 Å². The number of nitrogens with zero attached hydrogens (tertiary/aromatic N) is 2. The first-order valence-electron chi connectivity index (χ1n) is 9.06. The Morgan fingerprint density at radius 3 is 2.62 bits per heavy atom. The second kappa shape index (κ2) is 9.30. The van der Waals surface area contributed by atoms with Gasteiger partial charge in [0.2, 0.25) is 0 Å². The number of morpholine rings is 1. The van der Waals surface area contributed by atoms with Gasteiger partial charge in [-0.3, -0.25) is 4.90 Å². The van der Waals surface area contributed by atoms with Gasteiger partial charge in [0.05, 0.1) is 19.3 Å². The topological polar surface area (TPSA) is 56.8 Å². The van der Waals surface area contributed by atoms with E-state index >= 15 is 0 Å². The summed E-state index contributed by atoms with van der Waals surface area (Å²) in [6, 6.07) is 6.18. The third-order valence-electron chi connectivity index (χ3n) is 4.86. The van der Waals surface area contributed by atoms with Crippen LogP contribution in [0, 0.1) is 5.82 Å². The van der Waals surface area contributed by atoms with Crippen molar-refractivity contribution in [3.63, 3.8) is 0 Å². The first-order chi connectivity index (χ1) is 12.3. The zero-order valence-electron chi connectivity index (χ0n) is 16.2. The fourth-order valence-electron chi connectivity index (χ4n) is 3.14. The van der Waals surface area contributed by atoms with E-state index < -0.39 is 0 Å². The minimum Gasteiger partial charge on any atom is -0.379 e. The van der Waals surface area contributed by atoms with Gasteiger partial charge in [-0.15, -0.1) is 0 Å². The monoisotopic (exact) mass is 366 g/mol. The molecule has 1 aliphatic heterocycles. The van der Waals surface area contributed by atoms with Gasteiger partial charge < -0.3 is 20.3 Å². The van der Waals surface area contributed by atoms with Crippen LogP contribution in [0.5, 0.6) is 0 Å². The zero-order chi connectivity index (χ0) is 19.2. The molecule has 2 rings (SSSR count). The fourth-order valence-corrected chi connectivity index (χ4v) is 3.14. The van der Waals surface area contributed by atoms with Crippen LogP contribution < -0.4 is 10.6 Å². The molecule has 26 heavy (non-hydrogen) atoms. The molecule has 0 aliphatic carbocycles. The summed E-state index contributed by atoms with van der Waals surface area (Å²) in [6.07, 6.45) is 0. The van der Waals surface area contributed by atoms with Crippen LogP contribution >= 0.6 is 0 Å². The second-order valence-electron chi connectivity index (χ2n) is 7.51. The molecule has 1 unspecified atom stereocenters. The van der Waals surface area contributed by atoms with E-state index in [9.17, 15) is 9.18 Å². The minimum atomic E-state index is -0.272. The molecule has 0 aromatic heterocycles. The number of carbonyl (C=O) groups excluding carboxylic acids is 1. The number of hydrogen-bond donors (Lipinski definition) is 2. The summed E-state index contributed by atoms with van der Waals surface area (Å²) in [4.78, 5) is 16.5. The number of hydrogen-bond acceptors (Lipinski definition) is 4. The van der Waals surface area contributed by atoms with Crippen LogP contribution in [-0.4, -0.2) is 74.9 Å². The highest BCUT2D eigenvalue weighted by atomic mass is 19.1. The van der Waals surface area contributed by atoms with Crippen molar-refractivity contribution in [3.05, 3.63) is 35.6 Å². The molecular formula is C19H31FN4O2. The van der Waals surface area contributed by atoms with Gasteiger partial charge in [-0.2, -0.15) is 0 Å². The summed E-state index contributed by atoms with van der Waals surface area (Å²) in [5.74, 6) is -0.272. The van der Waals surface area contributed by atoms with E-state index in [1.807, 2.05) is 25.1 Å². The van der Waals surface area contributed by atoms with Crippen molar-refractivity contribution in [3.8, 4) is 0 Å². The fraction of sp³-hybridized carbons (Fsp3) is 0.632. The maximum Gasteiger partial charge on any atom is 0.314 e. The van der Waals surface area contributed by atoms with Crippen LogP contribution in [0.3, 0.4) is 0 Å². The third-order valence-corrected chi connectivity index (χ3v) is 4.86. The Balaban J connectivity index is 1.84. The highest BCUT2D eigenvalue weighted by Gasteiger charge is 2.28. The van der Waals surface area contributed by atoms with E-state index in [0.29, 0.717) is 13.1 Å². The Morgan fingerprint density at radius 2 is 2.00 bits per heavy atom. The molecule has 1 atom stereocenters. The first-order valence-corrected chi connectivity index (χ1v) is 9.06. The molecule has 1 aliphatic rings. The van der Waals surface area contributed by atoms with Gasteiger partial charge in [0.1, 0.15) is 5.82 Å². The number of nitrogens with one attached hydrogen (secondary N) is 2. The number of amides is 2. The molecule has 1 aromatic carbocycles. The molecule has 2 amide bonds. The predicted molar refractivity (Wildman–Crippen MR) is 101 cm³/mol. The van der Waals surface area contributed by atoms with Crippen LogP contribution in [-0.2, 0) is 4.74 Å². The maximum absolute atomic E-state index is 13.5. The van der Waals surface area contributed by atoms with E-state index in [-0.39, 0.29) is 23.4 Å². The van der Waals surface area contributed by atoms with Gasteiger partial charge in [0, 0.05) is 31.7 Å². The summed E-state index contributed by atoms with van der Waals surface area (Å²) in [5.41, 5.74) is 0.703. The van der Waals surface area contributed by atoms with Crippen LogP contribution in [0.25, 0.3) is 0 Å².